The second kappa shape index (κ2) is 6.11. The highest BCUT2D eigenvalue weighted by Crippen LogP contribution is 1.99. The summed E-state index contributed by atoms with van der Waals surface area (Å²) in [6.07, 6.45) is 0. The predicted molar refractivity (Wildman–Crippen MR) is 44.7 cm³/mol. The van der Waals surface area contributed by atoms with Gasteiger partial charge in [0.25, 0.3) is 0 Å². The molecule has 0 heterocycles. The average molecular weight is 188 g/mol. The maximum Gasteiger partial charge on any atom is 0.335 e. The van der Waals surface area contributed by atoms with E-state index in [2.05, 4.69) is 0 Å². The van der Waals surface area contributed by atoms with Crippen LogP contribution < -0.4 is 0 Å². The van der Waals surface area contributed by atoms with Gasteiger partial charge in [-0.2, -0.15) is 0 Å². The van der Waals surface area contributed by atoms with Gasteiger partial charge >= 0.3 is 5.97 Å². The Hall–Kier alpha value is -1.45. The molecular weight excluding hydrogens is 178 g/mol. The van der Waals surface area contributed by atoms with Crippen LogP contribution in [-0.2, 0) is 4.79 Å². The second-order valence-electron chi connectivity index (χ2n) is 2.33. The lowest BCUT2D eigenvalue weighted by atomic mass is 10.2. The van der Waals surface area contributed by atoms with Crippen LogP contribution in [0.15, 0.2) is 24.3 Å². The zero-order valence-corrected chi connectivity index (χ0v) is 7.13. The normalized spacial score (nSPS) is 8.54. The largest absolute Gasteiger partial charge is 0.479 e. The van der Waals surface area contributed by atoms with Gasteiger partial charge in [0.05, 0.1) is 0 Å². The van der Waals surface area contributed by atoms with Crippen LogP contribution in [0.5, 0.6) is 0 Å². The van der Waals surface area contributed by atoms with Crippen LogP contribution in [0.25, 0.3) is 0 Å². The van der Waals surface area contributed by atoms with E-state index in [0.717, 1.165) is 5.56 Å². The molecule has 0 saturated heterocycles. The molecule has 1 aromatic rings. The Labute approximate surface area is 74.8 Å². The molecule has 0 spiro atoms. The zero-order chi connectivity index (χ0) is 10.3. The number of benzene rings is 1. The fourth-order valence-electron chi connectivity index (χ4n) is 0.606. The number of hydrogen-bond acceptors (Lipinski definition) is 1. The standard InChI is InChI=1S/C7H7F.C2H3FO2/c1-6-3-2-4-7(8)5-6;3-1-2(4)5/h2-5H,1H3;1H2,(H,4,5). The van der Waals surface area contributed by atoms with E-state index in [1.54, 1.807) is 6.07 Å². The summed E-state index contributed by atoms with van der Waals surface area (Å²) in [6.45, 7) is 0.586. The van der Waals surface area contributed by atoms with Crippen molar-refractivity contribution in [1.29, 1.82) is 0 Å². The Morgan fingerprint density at radius 2 is 2.08 bits per heavy atom. The molecule has 0 radical (unpaired) electrons. The van der Waals surface area contributed by atoms with E-state index in [1.165, 1.54) is 12.1 Å². The summed E-state index contributed by atoms with van der Waals surface area (Å²) in [5, 5.41) is 7.35. The van der Waals surface area contributed by atoms with Gasteiger partial charge in [-0.25, -0.2) is 13.6 Å². The van der Waals surface area contributed by atoms with Crippen molar-refractivity contribution in [2.45, 2.75) is 6.92 Å². The minimum Gasteiger partial charge on any atom is -0.479 e. The van der Waals surface area contributed by atoms with Crippen LogP contribution in [0, 0.1) is 12.7 Å². The fourth-order valence-corrected chi connectivity index (χ4v) is 0.606. The molecule has 0 bridgehead atoms. The van der Waals surface area contributed by atoms with Crippen LogP contribution in [0.2, 0.25) is 0 Å². The predicted octanol–water partition coefficient (Wildman–Crippen LogP) is 2.17. The Kier molecular flexibility index (Phi) is 5.43. The topological polar surface area (TPSA) is 37.3 Å². The highest BCUT2D eigenvalue weighted by molar-refractivity contribution is 5.67. The van der Waals surface area contributed by atoms with E-state index in [9.17, 15) is 8.78 Å². The van der Waals surface area contributed by atoms with Crippen LogP contribution >= 0.6 is 0 Å². The lowest BCUT2D eigenvalue weighted by Gasteiger charge is -1.87. The first kappa shape index (κ1) is 11.6. The summed E-state index contributed by atoms with van der Waals surface area (Å²) in [7, 11) is 0. The van der Waals surface area contributed by atoms with Crippen molar-refractivity contribution in [3.05, 3.63) is 35.6 Å². The number of halogens is 2. The lowest BCUT2D eigenvalue weighted by Crippen LogP contribution is -1.93. The van der Waals surface area contributed by atoms with Crippen LogP contribution in [0.1, 0.15) is 5.56 Å². The maximum absolute atomic E-state index is 12.2. The Morgan fingerprint density at radius 3 is 2.31 bits per heavy atom. The van der Waals surface area contributed by atoms with Gasteiger partial charge in [0.15, 0.2) is 6.67 Å². The van der Waals surface area contributed by atoms with Crippen molar-refractivity contribution in [2.24, 2.45) is 0 Å². The molecule has 2 nitrogen and oxygen atoms in total. The molecule has 1 N–H and O–H groups in total. The van der Waals surface area contributed by atoms with Crippen LogP contribution in [0.4, 0.5) is 8.78 Å². The third-order valence-electron chi connectivity index (χ3n) is 1.09. The van der Waals surface area contributed by atoms with Crippen molar-refractivity contribution in [2.75, 3.05) is 6.67 Å². The minimum absolute atomic E-state index is 0.162. The van der Waals surface area contributed by atoms with Gasteiger partial charge in [0.1, 0.15) is 5.82 Å². The smallest absolute Gasteiger partial charge is 0.335 e. The minimum atomic E-state index is -1.41. The molecule has 13 heavy (non-hydrogen) atoms. The molecular formula is C9H10F2O2. The summed E-state index contributed by atoms with van der Waals surface area (Å²) in [5.41, 5.74) is 0.963. The van der Waals surface area contributed by atoms with E-state index < -0.39 is 12.6 Å². The molecule has 0 unspecified atom stereocenters. The molecule has 0 fully saturated rings. The van der Waals surface area contributed by atoms with Gasteiger partial charge in [-0.1, -0.05) is 12.1 Å². The van der Waals surface area contributed by atoms with E-state index in [-0.39, 0.29) is 5.82 Å². The quantitative estimate of drug-likeness (QED) is 0.733. The molecule has 72 valence electrons. The van der Waals surface area contributed by atoms with Crippen molar-refractivity contribution >= 4 is 5.97 Å². The molecule has 0 amide bonds. The van der Waals surface area contributed by atoms with Crippen LogP contribution in [-0.4, -0.2) is 17.8 Å². The Balaban J connectivity index is 0.000000252. The average Bonchev–Trinajstić information content (AvgIpc) is 2.05. The number of alkyl halides is 1. The second-order valence-corrected chi connectivity index (χ2v) is 2.33. The molecule has 0 aromatic heterocycles. The first-order valence-corrected chi connectivity index (χ1v) is 3.56. The zero-order valence-electron chi connectivity index (χ0n) is 7.13. The number of carboxylic acid groups (broad SMARTS) is 1. The van der Waals surface area contributed by atoms with Crippen LogP contribution in [0.3, 0.4) is 0 Å². The summed E-state index contributed by atoms with van der Waals surface area (Å²) >= 11 is 0. The third-order valence-corrected chi connectivity index (χ3v) is 1.09. The van der Waals surface area contributed by atoms with Gasteiger partial charge in [0.2, 0.25) is 0 Å². The number of aryl methyl sites for hydroxylation is 1. The Morgan fingerprint density at radius 1 is 1.54 bits per heavy atom. The van der Waals surface area contributed by atoms with Crippen molar-refractivity contribution < 1.29 is 18.7 Å². The number of rotatable bonds is 1. The molecule has 0 aliphatic rings. The summed E-state index contributed by atoms with van der Waals surface area (Å²) in [6, 6.07) is 6.50. The van der Waals surface area contributed by atoms with Crippen molar-refractivity contribution in [3.8, 4) is 0 Å². The van der Waals surface area contributed by atoms with Gasteiger partial charge < -0.3 is 5.11 Å². The molecule has 4 heteroatoms. The monoisotopic (exact) mass is 188 g/mol. The van der Waals surface area contributed by atoms with Gasteiger partial charge in [-0.15, -0.1) is 0 Å². The molecule has 0 saturated carbocycles. The molecule has 0 aliphatic carbocycles. The summed E-state index contributed by atoms with van der Waals surface area (Å²) < 4.78 is 22.7. The molecule has 1 rings (SSSR count). The van der Waals surface area contributed by atoms with E-state index in [0.29, 0.717) is 0 Å². The lowest BCUT2D eigenvalue weighted by molar-refractivity contribution is -0.137. The number of carbonyl (C=O) groups is 1. The third kappa shape index (κ3) is 6.93. The fraction of sp³-hybridized carbons (Fsp3) is 0.222. The van der Waals surface area contributed by atoms with Crippen molar-refractivity contribution in [3.63, 3.8) is 0 Å². The highest BCUT2D eigenvalue weighted by atomic mass is 19.1. The number of aliphatic carboxylic acids is 1. The summed E-state index contributed by atoms with van der Waals surface area (Å²) in [5.74, 6) is -1.57. The molecule has 0 atom stereocenters. The number of hydrogen-bond donors (Lipinski definition) is 1. The number of carboxylic acids is 1. The first-order chi connectivity index (χ1) is 6.06. The van der Waals surface area contributed by atoms with E-state index >= 15 is 0 Å². The van der Waals surface area contributed by atoms with Gasteiger partial charge in [-0.05, 0) is 24.6 Å². The van der Waals surface area contributed by atoms with Crippen molar-refractivity contribution in [1.82, 2.24) is 0 Å². The molecule has 1 aromatic carbocycles. The Bertz CT molecular complexity index is 257. The van der Waals surface area contributed by atoms with E-state index in [1.807, 2.05) is 13.0 Å². The van der Waals surface area contributed by atoms with Gasteiger partial charge in [-0.3, -0.25) is 0 Å². The van der Waals surface area contributed by atoms with Gasteiger partial charge in [0, 0.05) is 0 Å². The SMILES string of the molecule is Cc1cccc(F)c1.O=C(O)CF. The van der Waals surface area contributed by atoms with E-state index in [4.69, 9.17) is 9.90 Å². The highest BCUT2D eigenvalue weighted by Gasteiger charge is 1.85. The maximum atomic E-state index is 12.2. The molecule has 0 aliphatic heterocycles. The first-order valence-electron chi connectivity index (χ1n) is 3.56. The summed E-state index contributed by atoms with van der Waals surface area (Å²) in [4.78, 5) is 8.99.